The Bertz CT molecular complexity index is 509. The standard InChI is InChI=1S/C7H8BrNO5S2/c1-9(14-2)16(12,13)5-3-4(7(10)11)15-6(5)8/h3H,1-2H3,(H,10,11). The number of sulfonamides is 1. The molecule has 0 aliphatic rings. The highest BCUT2D eigenvalue weighted by Crippen LogP contribution is 2.33. The van der Waals surface area contributed by atoms with Crippen LogP contribution in [-0.4, -0.2) is 38.1 Å². The second kappa shape index (κ2) is 4.80. The summed E-state index contributed by atoms with van der Waals surface area (Å²) in [4.78, 5) is 15.1. The molecule has 0 atom stereocenters. The summed E-state index contributed by atoms with van der Waals surface area (Å²) >= 11 is 3.85. The predicted molar refractivity (Wildman–Crippen MR) is 60.9 cm³/mol. The smallest absolute Gasteiger partial charge is 0.345 e. The van der Waals surface area contributed by atoms with Crippen molar-refractivity contribution in [2.45, 2.75) is 4.90 Å². The third-order valence-corrected chi connectivity index (χ3v) is 5.66. The minimum absolute atomic E-state index is 0.0602. The summed E-state index contributed by atoms with van der Waals surface area (Å²) in [5, 5.41) is 8.73. The number of nitrogens with zero attached hydrogens (tertiary/aromatic N) is 1. The summed E-state index contributed by atoms with van der Waals surface area (Å²) in [5.74, 6) is -1.17. The van der Waals surface area contributed by atoms with E-state index in [1.165, 1.54) is 14.2 Å². The normalized spacial score (nSPS) is 12.0. The molecule has 0 fully saturated rings. The molecule has 1 N–H and O–H groups in total. The van der Waals surface area contributed by atoms with E-state index < -0.39 is 16.0 Å². The molecule has 1 rings (SSSR count). The van der Waals surface area contributed by atoms with Crippen LogP contribution in [-0.2, 0) is 14.9 Å². The number of hydrogen-bond acceptors (Lipinski definition) is 5. The maximum absolute atomic E-state index is 11.8. The summed E-state index contributed by atoms with van der Waals surface area (Å²) in [6.45, 7) is 0. The van der Waals surface area contributed by atoms with Crippen LogP contribution in [0.1, 0.15) is 9.67 Å². The minimum atomic E-state index is -3.82. The van der Waals surface area contributed by atoms with Crippen molar-refractivity contribution in [1.82, 2.24) is 4.47 Å². The quantitative estimate of drug-likeness (QED) is 0.844. The fraction of sp³-hybridized carbons (Fsp3) is 0.286. The summed E-state index contributed by atoms with van der Waals surface area (Å²) in [7, 11) is -1.39. The zero-order chi connectivity index (χ0) is 12.5. The molecule has 0 amide bonds. The lowest BCUT2D eigenvalue weighted by Gasteiger charge is -2.12. The molecule has 9 heteroatoms. The zero-order valence-corrected chi connectivity index (χ0v) is 11.5. The van der Waals surface area contributed by atoms with E-state index in [9.17, 15) is 13.2 Å². The van der Waals surface area contributed by atoms with Crippen molar-refractivity contribution >= 4 is 43.3 Å². The molecule has 0 saturated heterocycles. The Hall–Kier alpha value is -0.480. The van der Waals surface area contributed by atoms with Crippen molar-refractivity contribution in [3.63, 3.8) is 0 Å². The van der Waals surface area contributed by atoms with Gasteiger partial charge in [0.25, 0.3) is 10.0 Å². The maximum Gasteiger partial charge on any atom is 0.345 e. The van der Waals surface area contributed by atoms with Crippen LogP contribution in [0, 0.1) is 0 Å². The molecule has 1 aromatic heterocycles. The number of aromatic carboxylic acids is 1. The van der Waals surface area contributed by atoms with E-state index in [4.69, 9.17) is 5.11 Å². The van der Waals surface area contributed by atoms with E-state index in [1.54, 1.807) is 0 Å². The Morgan fingerprint density at radius 2 is 2.19 bits per heavy atom. The number of carboxylic acid groups (broad SMARTS) is 1. The molecule has 0 saturated carbocycles. The van der Waals surface area contributed by atoms with Crippen LogP contribution in [0.25, 0.3) is 0 Å². The van der Waals surface area contributed by atoms with Gasteiger partial charge >= 0.3 is 5.97 Å². The van der Waals surface area contributed by atoms with Gasteiger partial charge in [0.2, 0.25) is 0 Å². The van der Waals surface area contributed by atoms with Gasteiger partial charge in [-0.3, -0.25) is 4.84 Å². The number of hydrogen-bond donors (Lipinski definition) is 1. The molecule has 16 heavy (non-hydrogen) atoms. The maximum atomic E-state index is 11.8. The van der Waals surface area contributed by atoms with E-state index in [-0.39, 0.29) is 13.6 Å². The van der Waals surface area contributed by atoms with Crippen LogP contribution in [0.5, 0.6) is 0 Å². The van der Waals surface area contributed by atoms with Crippen molar-refractivity contribution < 1.29 is 23.2 Å². The van der Waals surface area contributed by atoms with Gasteiger partial charge in [0.05, 0.1) is 10.9 Å². The third kappa shape index (κ3) is 2.43. The monoisotopic (exact) mass is 329 g/mol. The Labute approximate surface area is 105 Å². The van der Waals surface area contributed by atoms with Gasteiger partial charge in [-0.2, -0.15) is 0 Å². The molecule has 1 heterocycles. The van der Waals surface area contributed by atoms with Crippen LogP contribution < -0.4 is 0 Å². The van der Waals surface area contributed by atoms with Gasteiger partial charge in [-0.05, 0) is 22.0 Å². The van der Waals surface area contributed by atoms with Gasteiger partial charge in [-0.1, -0.05) is 4.47 Å². The first-order valence-corrected chi connectivity index (χ1v) is 6.91. The van der Waals surface area contributed by atoms with Gasteiger partial charge < -0.3 is 5.11 Å². The number of carbonyl (C=O) groups is 1. The molecule has 0 aromatic carbocycles. The molecular formula is C7H8BrNO5S2. The first-order valence-electron chi connectivity index (χ1n) is 3.86. The van der Waals surface area contributed by atoms with Crippen LogP contribution in [0.2, 0.25) is 0 Å². The van der Waals surface area contributed by atoms with Crippen molar-refractivity contribution in [1.29, 1.82) is 0 Å². The van der Waals surface area contributed by atoms with Crippen molar-refractivity contribution in [2.75, 3.05) is 14.2 Å². The lowest BCUT2D eigenvalue weighted by molar-refractivity contribution is -0.0258. The molecule has 90 valence electrons. The highest BCUT2D eigenvalue weighted by molar-refractivity contribution is 9.11. The average Bonchev–Trinajstić information content (AvgIpc) is 2.59. The molecular weight excluding hydrogens is 322 g/mol. The Kier molecular flexibility index (Phi) is 4.07. The summed E-state index contributed by atoms with van der Waals surface area (Å²) in [5.41, 5.74) is 0. The van der Waals surface area contributed by atoms with Crippen LogP contribution in [0.15, 0.2) is 14.7 Å². The van der Waals surface area contributed by atoms with E-state index >= 15 is 0 Å². The van der Waals surface area contributed by atoms with Crippen LogP contribution in [0.3, 0.4) is 0 Å². The van der Waals surface area contributed by atoms with Gasteiger partial charge in [-0.25, -0.2) is 13.2 Å². The number of thiophene rings is 1. The second-order valence-electron chi connectivity index (χ2n) is 2.65. The fourth-order valence-electron chi connectivity index (χ4n) is 0.870. The van der Waals surface area contributed by atoms with Gasteiger partial charge in [0.1, 0.15) is 9.77 Å². The SMILES string of the molecule is CON(C)S(=O)(=O)c1cc(C(=O)O)sc1Br. The topological polar surface area (TPSA) is 83.9 Å². The number of carboxylic acids is 1. The van der Waals surface area contributed by atoms with Crippen LogP contribution in [0.4, 0.5) is 0 Å². The largest absolute Gasteiger partial charge is 0.477 e. The van der Waals surface area contributed by atoms with E-state index in [1.807, 2.05) is 0 Å². The predicted octanol–water partition coefficient (Wildman–Crippen LogP) is 1.39. The lowest BCUT2D eigenvalue weighted by atomic mass is 10.5. The molecule has 0 unspecified atom stereocenters. The summed E-state index contributed by atoms with van der Waals surface area (Å²) < 4.78 is 24.5. The zero-order valence-electron chi connectivity index (χ0n) is 8.30. The Morgan fingerprint density at radius 1 is 1.62 bits per heavy atom. The van der Waals surface area contributed by atoms with Crippen LogP contribution >= 0.6 is 27.3 Å². The molecule has 0 bridgehead atoms. The second-order valence-corrected chi connectivity index (χ2v) is 6.93. The van der Waals surface area contributed by atoms with Gasteiger partial charge in [0.15, 0.2) is 0 Å². The molecule has 0 aliphatic carbocycles. The molecule has 1 aromatic rings. The first kappa shape index (κ1) is 13.6. The third-order valence-electron chi connectivity index (χ3n) is 1.74. The van der Waals surface area contributed by atoms with E-state index in [2.05, 4.69) is 20.8 Å². The lowest BCUT2D eigenvalue weighted by Crippen LogP contribution is -2.25. The molecule has 0 spiro atoms. The number of halogens is 1. The minimum Gasteiger partial charge on any atom is -0.477 e. The first-order chi connectivity index (χ1) is 7.30. The Morgan fingerprint density at radius 3 is 2.56 bits per heavy atom. The van der Waals surface area contributed by atoms with Crippen molar-refractivity contribution in [3.05, 3.63) is 14.7 Å². The number of rotatable bonds is 4. The highest BCUT2D eigenvalue weighted by atomic mass is 79.9. The van der Waals surface area contributed by atoms with Gasteiger partial charge in [-0.15, -0.1) is 11.3 Å². The van der Waals surface area contributed by atoms with Gasteiger partial charge in [0, 0.05) is 7.05 Å². The molecule has 0 radical (unpaired) electrons. The molecule has 0 aliphatic heterocycles. The van der Waals surface area contributed by atoms with E-state index in [0.29, 0.717) is 4.47 Å². The fourth-order valence-corrected chi connectivity index (χ4v) is 4.20. The number of hydroxylamine groups is 1. The van der Waals surface area contributed by atoms with Crippen molar-refractivity contribution in [3.8, 4) is 0 Å². The molecule has 6 nitrogen and oxygen atoms in total. The summed E-state index contributed by atoms with van der Waals surface area (Å²) in [6.07, 6.45) is 0. The average molecular weight is 330 g/mol. The van der Waals surface area contributed by atoms with Crippen molar-refractivity contribution in [2.24, 2.45) is 0 Å². The summed E-state index contributed by atoms with van der Waals surface area (Å²) in [6, 6.07) is 1.09. The van der Waals surface area contributed by atoms with E-state index in [0.717, 1.165) is 17.4 Å². The highest BCUT2D eigenvalue weighted by Gasteiger charge is 2.27. The Balaban J connectivity index is 3.29.